The summed E-state index contributed by atoms with van der Waals surface area (Å²) in [7, 11) is 3.05. The molecule has 2 aromatic carbocycles. The summed E-state index contributed by atoms with van der Waals surface area (Å²) in [4.78, 5) is 12.1. The summed E-state index contributed by atoms with van der Waals surface area (Å²) >= 11 is 7.29. The van der Waals surface area contributed by atoms with Gasteiger partial charge in [0.2, 0.25) is 5.91 Å². The number of anilines is 1. The molecule has 0 bridgehead atoms. The first-order valence-electron chi connectivity index (χ1n) is 7.07. The minimum Gasteiger partial charge on any atom is -0.496 e. The summed E-state index contributed by atoms with van der Waals surface area (Å²) in [5.41, 5.74) is 1.22. The van der Waals surface area contributed by atoms with Gasteiger partial charge in [-0.15, -0.1) is 11.8 Å². The van der Waals surface area contributed by atoms with Crippen molar-refractivity contribution in [3.8, 4) is 11.5 Å². The average molecular weight is 370 g/mol. The molecule has 0 saturated carbocycles. The van der Waals surface area contributed by atoms with Crippen molar-refractivity contribution in [3.05, 3.63) is 52.8 Å². The quantitative estimate of drug-likeness (QED) is 0.787. The highest BCUT2D eigenvalue weighted by molar-refractivity contribution is 7.99. The molecule has 7 heteroatoms. The molecular weight excluding hydrogens is 353 g/mol. The second-order valence-electron chi connectivity index (χ2n) is 4.84. The van der Waals surface area contributed by atoms with Crippen LogP contribution in [0.3, 0.4) is 0 Å². The first-order chi connectivity index (χ1) is 11.5. The van der Waals surface area contributed by atoms with Crippen LogP contribution in [-0.2, 0) is 10.5 Å². The second-order valence-corrected chi connectivity index (χ2v) is 6.26. The second kappa shape index (κ2) is 8.80. The summed E-state index contributed by atoms with van der Waals surface area (Å²) in [6.45, 7) is 0. The van der Waals surface area contributed by atoms with Crippen molar-refractivity contribution in [2.75, 3.05) is 25.3 Å². The van der Waals surface area contributed by atoms with Gasteiger partial charge in [-0.1, -0.05) is 11.6 Å². The van der Waals surface area contributed by atoms with Crippen LogP contribution in [-0.4, -0.2) is 25.9 Å². The normalized spacial score (nSPS) is 10.3. The Labute approximate surface area is 149 Å². The maximum absolute atomic E-state index is 13.3. The smallest absolute Gasteiger partial charge is 0.234 e. The van der Waals surface area contributed by atoms with E-state index in [1.54, 1.807) is 24.3 Å². The van der Waals surface area contributed by atoms with Gasteiger partial charge in [-0.25, -0.2) is 4.39 Å². The molecule has 1 amide bonds. The van der Waals surface area contributed by atoms with Crippen LogP contribution in [0.4, 0.5) is 10.1 Å². The largest absolute Gasteiger partial charge is 0.496 e. The fourth-order valence-corrected chi connectivity index (χ4v) is 3.06. The molecule has 2 aromatic rings. The van der Waals surface area contributed by atoms with Gasteiger partial charge in [0.1, 0.15) is 17.3 Å². The number of thioether (sulfide) groups is 1. The molecule has 0 radical (unpaired) electrons. The van der Waals surface area contributed by atoms with E-state index in [1.165, 1.54) is 38.1 Å². The summed E-state index contributed by atoms with van der Waals surface area (Å²) < 4.78 is 23.7. The SMILES string of the molecule is COc1ccc(F)cc1CSCC(=O)Nc1cc(Cl)ccc1OC. The van der Waals surface area contributed by atoms with E-state index < -0.39 is 0 Å². The van der Waals surface area contributed by atoms with Crippen LogP contribution in [0.5, 0.6) is 11.5 Å². The van der Waals surface area contributed by atoms with Gasteiger partial charge in [0.25, 0.3) is 0 Å². The van der Waals surface area contributed by atoms with Gasteiger partial charge in [0, 0.05) is 16.3 Å². The highest BCUT2D eigenvalue weighted by Gasteiger charge is 2.10. The van der Waals surface area contributed by atoms with E-state index >= 15 is 0 Å². The summed E-state index contributed by atoms with van der Waals surface area (Å²) in [5, 5.41) is 3.26. The Morgan fingerprint density at radius 1 is 1.17 bits per heavy atom. The Kier molecular flexibility index (Phi) is 6.75. The van der Waals surface area contributed by atoms with E-state index in [1.807, 2.05) is 0 Å². The monoisotopic (exact) mass is 369 g/mol. The number of amides is 1. The van der Waals surface area contributed by atoms with Gasteiger partial charge in [0.05, 0.1) is 25.7 Å². The van der Waals surface area contributed by atoms with Crippen LogP contribution in [0.15, 0.2) is 36.4 Å². The average Bonchev–Trinajstić information content (AvgIpc) is 2.55. The number of hydrogen-bond acceptors (Lipinski definition) is 4. The molecule has 0 aromatic heterocycles. The number of carbonyl (C=O) groups is 1. The zero-order valence-electron chi connectivity index (χ0n) is 13.3. The molecule has 0 aliphatic rings. The molecule has 128 valence electrons. The van der Waals surface area contributed by atoms with Crippen molar-refractivity contribution in [2.24, 2.45) is 0 Å². The van der Waals surface area contributed by atoms with E-state index in [4.69, 9.17) is 21.1 Å². The van der Waals surface area contributed by atoms with Crippen molar-refractivity contribution in [3.63, 3.8) is 0 Å². The lowest BCUT2D eigenvalue weighted by atomic mass is 10.2. The van der Waals surface area contributed by atoms with Crippen LogP contribution in [0.25, 0.3) is 0 Å². The van der Waals surface area contributed by atoms with Crippen molar-refractivity contribution >= 4 is 35.0 Å². The zero-order chi connectivity index (χ0) is 17.5. The Hall–Kier alpha value is -1.92. The van der Waals surface area contributed by atoms with Crippen molar-refractivity contribution in [2.45, 2.75) is 5.75 Å². The van der Waals surface area contributed by atoms with Crippen molar-refractivity contribution < 1.29 is 18.7 Å². The third-order valence-electron chi connectivity index (χ3n) is 3.17. The molecule has 2 rings (SSSR count). The van der Waals surface area contributed by atoms with Gasteiger partial charge in [0.15, 0.2) is 0 Å². The van der Waals surface area contributed by atoms with Crippen LogP contribution < -0.4 is 14.8 Å². The Bertz CT molecular complexity index is 727. The molecule has 0 aliphatic heterocycles. The molecule has 24 heavy (non-hydrogen) atoms. The molecule has 0 saturated heterocycles. The van der Waals surface area contributed by atoms with Crippen LogP contribution >= 0.6 is 23.4 Å². The van der Waals surface area contributed by atoms with Gasteiger partial charge >= 0.3 is 0 Å². The maximum atomic E-state index is 13.3. The van der Waals surface area contributed by atoms with Crippen LogP contribution in [0, 0.1) is 5.82 Å². The highest BCUT2D eigenvalue weighted by Crippen LogP contribution is 2.28. The van der Waals surface area contributed by atoms with Gasteiger partial charge in [-0.2, -0.15) is 0 Å². The minimum atomic E-state index is -0.334. The lowest BCUT2D eigenvalue weighted by Crippen LogP contribution is -2.15. The lowest BCUT2D eigenvalue weighted by Gasteiger charge is -2.11. The van der Waals surface area contributed by atoms with Crippen LogP contribution in [0.1, 0.15) is 5.56 Å². The molecule has 0 spiro atoms. The van der Waals surface area contributed by atoms with Gasteiger partial charge in [-0.05, 0) is 36.4 Å². The third-order valence-corrected chi connectivity index (χ3v) is 4.39. The first-order valence-corrected chi connectivity index (χ1v) is 8.60. The number of ether oxygens (including phenoxy) is 2. The minimum absolute atomic E-state index is 0.198. The van der Waals surface area contributed by atoms with E-state index in [9.17, 15) is 9.18 Å². The van der Waals surface area contributed by atoms with E-state index in [-0.39, 0.29) is 17.5 Å². The molecule has 0 fully saturated rings. The standard InChI is InChI=1S/C17H17ClFNO3S/c1-22-15-6-4-13(19)7-11(15)9-24-10-17(21)20-14-8-12(18)3-5-16(14)23-2/h3-8H,9-10H2,1-2H3,(H,20,21). The summed E-state index contributed by atoms with van der Waals surface area (Å²) in [6.07, 6.45) is 0. The Balaban J connectivity index is 1.92. The number of nitrogens with one attached hydrogen (secondary N) is 1. The molecule has 1 N–H and O–H groups in total. The number of benzene rings is 2. The fourth-order valence-electron chi connectivity index (χ4n) is 2.08. The lowest BCUT2D eigenvalue weighted by molar-refractivity contribution is -0.113. The summed E-state index contributed by atoms with van der Waals surface area (Å²) in [6, 6.07) is 9.30. The van der Waals surface area contributed by atoms with E-state index in [0.29, 0.717) is 33.5 Å². The zero-order valence-corrected chi connectivity index (χ0v) is 14.8. The first kappa shape index (κ1) is 18.4. The molecule has 0 unspecified atom stereocenters. The summed E-state index contributed by atoms with van der Waals surface area (Å²) in [5.74, 6) is 1.26. The fraction of sp³-hybridized carbons (Fsp3) is 0.235. The van der Waals surface area contributed by atoms with Crippen molar-refractivity contribution in [1.82, 2.24) is 0 Å². The number of hydrogen-bond donors (Lipinski definition) is 1. The molecule has 0 aliphatic carbocycles. The predicted molar refractivity (Wildman–Crippen MR) is 95.7 cm³/mol. The topological polar surface area (TPSA) is 47.6 Å². The predicted octanol–water partition coefficient (Wildman–Crippen LogP) is 4.37. The number of halogens is 2. The van der Waals surface area contributed by atoms with Crippen molar-refractivity contribution in [1.29, 1.82) is 0 Å². The Morgan fingerprint density at radius 2 is 1.88 bits per heavy atom. The van der Waals surface area contributed by atoms with Crippen LogP contribution in [0.2, 0.25) is 5.02 Å². The third kappa shape index (κ3) is 5.04. The number of methoxy groups -OCH3 is 2. The van der Waals surface area contributed by atoms with Gasteiger partial charge < -0.3 is 14.8 Å². The molecular formula is C17H17ClFNO3S. The molecule has 0 heterocycles. The van der Waals surface area contributed by atoms with Gasteiger partial charge in [-0.3, -0.25) is 4.79 Å². The number of rotatable bonds is 7. The Morgan fingerprint density at radius 3 is 2.58 bits per heavy atom. The maximum Gasteiger partial charge on any atom is 0.234 e. The highest BCUT2D eigenvalue weighted by atomic mass is 35.5. The van der Waals surface area contributed by atoms with E-state index in [0.717, 1.165) is 0 Å². The molecule has 0 atom stereocenters. The van der Waals surface area contributed by atoms with E-state index in [2.05, 4.69) is 5.32 Å². The molecule has 4 nitrogen and oxygen atoms in total. The number of carbonyl (C=O) groups excluding carboxylic acids is 1.